The van der Waals surface area contributed by atoms with Crippen molar-refractivity contribution < 1.29 is 0 Å². The summed E-state index contributed by atoms with van der Waals surface area (Å²) in [5.74, 6) is 0.574. The summed E-state index contributed by atoms with van der Waals surface area (Å²) in [7, 11) is 2.30. The van der Waals surface area contributed by atoms with Gasteiger partial charge in [-0.1, -0.05) is 95.0 Å². The van der Waals surface area contributed by atoms with E-state index in [1.54, 1.807) is 0 Å². The van der Waals surface area contributed by atoms with E-state index in [1.807, 2.05) is 0 Å². The molecule has 2 rings (SSSR count). The molecule has 0 aromatic heterocycles. The first-order valence-electron chi connectivity index (χ1n) is 9.22. The summed E-state index contributed by atoms with van der Waals surface area (Å²) < 4.78 is 0. The van der Waals surface area contributed by atoms with E-state index in [0.29, 0.717) is 5.92 Å². The van der Waals surface area contributed by atoms with Crippen LogP contribution in [-0.2, 0) is 10.8 Å². The van der Waals surface area contributed by atoms with Crippen LogP contribution < -0.4 is 5.46 Å². The molecule has 0 unspecified atom stereocenters. The second-order valence-corrected chi connectivity index (χ2v) is 8.93. The highest BCUT2D eigenvalue weighted by molar-refractivity contribution is 6.34. The van der Waals surface area contributed by atoms with E-state index in [2.05, 4.69) is 98.8 Å². The van der Waals surface area contributed by atoms with E-state index < -0.39 is 0 Å². The Balaban J connectivity index is 2.41. The van der Waals surface area contributed by atoms with Gasteiger partial charge in [-0.25, -0.2) is 0 Å². The van der Waals surface area contributed by atoms with E-state index >= 15 is 0 Å². The molecule has 0 saturated heterocycles. The van der Waals surface area contributed by atoms with Crippen molar-refractivity contribution in [3.05, 3.63) is 64.7 Å². The van der Waals surface area contributed by atoms with Crippen LogP contribution in [0.5, 0.6) is 0 Å². The molecule has 0 aliphatic heterocycles. The van der Waals surface area contributed by atoms with Crippen LogP contribution in [0.4, 0.5) is 0 Å². The van der Waals surface area contributed by atoms with Crippen LogP contribution in [0.1, 0.15) is 76.1 Å². The molecule has 0 fully saturated rings. The number of hydrogen-bond donors (Lipinski definition) is 0. The molecule has 0 N–H and O–H groups in total. The lowest BCUT2D eigenvalue weighted by molar-refractivity contribution is 0.349. The van der Waals surface area contributed by atoms with Gasteiger partial charge in [0.25, 0.3) is 0 Å². The second kappa shape index (κ2) is 6.79. The lowest BCUT2D eigenvalue weighted by Gasteiger charge is -2.38. The normalized spacial score (nSPS) is 12.7. The van der Waals surface area contributed by atoms with Crippen molar-refractivity contribution >= 4 is 13.3 Å². The fraction of sp³-hybridized carbons (Fsp3) is 0.478. The van der Waals surface area contributed by atoms with Crippen LogP contribution in [0, 0.1) is 6.92 Å². The van der Waals surface area contributed by atoms with E-state index in [4.69, 9.17) is 0 Å². The van der Waals surface area contributed by atoms with Gasteiger partial charge in [-0.05, 0) is 46.8 Å². The van der Waals surface area contributed by atoms with Crippen molar-refractivity contribution in [3.63, 3.8) is 0 Å². The maximum absolute atomic E-state index is 2.40. The van der Waals surface area contributed by atoms with Crippen molar-refractivity contribution in [3.8, 4) is 0 Å². The van der Waals surface area contributed by atoms with Crippen molar-refractivity contribution in [2.45, 2.75) is 71.6 Å². The average molecular weight is 320 g/mol. The molecule has 0 amide bonds. The third-order valence-electron chi connectivity index (χ3n) is 5.48. The average Bonchev–Trinajstić information content (AvgIpc) is 2.46. The molecule has 0 aliphatic carbocycles. The van der Waals surface area contributed by atoms with Gasteiger partial charge in [0.1, 0.15) is 7.85 Å². The number of hydrogen-bond acceptors (Lipinski definition) is 0. The molecule has 0 nitrogen and oxygen atoms in total. The number of benzene rings is 2. The van der Waals surface area contributed by atoms with Crippen LogP contribution in [0.2, 0.25) is 0 Å². The zero-order valence-electron chi connectivity index (χ0n) is 16.8. The van der Waals surface area contributed by atoms with Gasteiger partial charge in [0.05, 0.1) is 0 Å². The van der Waals surface area contributed by atoms with Crippen LogP contribution in [0.15, 0.2) is 42.5 Å². The molecule has 0 saturated carbocycles. The smallest absolute Gasteiger partial charge is 0.0819 e. The van der Waals surface area contributed by atoms with Crippen LogP contribution >= 0.6 is 0 Å². The quantitative estimate of drug-likeness (QED) is 0.678. The summed E-state index contributed by atoms with van der Waals surface area (Å²) in [5.41, 5.74) is 7.60. The molecule has 2 aromatic rings. The van der Waals surface area contributed by atoms with Gasteiger partial charge in [0.15, 0.2) is 0 Å². The highest BCUT2D eigenvalue weighted by atomic mass is 14.4. The first kappa shape index (κ1) is 18.8. The predicted octanol–water partition coefficient (Wildman–Crippen LogP) is 5.02. The predicted molar refractivity (Wildman–Crippen MR) is 111 cm³/mol. The lowest BCUT2D eigenvalue weighted by Crippen LogP contribution is -2.35. The standard InChI is InChI=1S/C23H33B/c1-16(2)18-12-10-14-20(21(18)24)23(6,7)15-22(4,5)19-13-9-8-11-17(19)3/h8-14,16H,15,24H2,1-7H3. The van der Waals surface area contributed by atoms with Crippen molar-refractivity contribution in [2.75, 3.05) is 0 Å². The van der Waals surface area contributed by atoms with Crippen LogP contribution in [-0.4, -0.2) is 7.85 Å². The van der Waals surface area contributed by atoms with E-state index in [0.717, 1.165) is 6.42 Å². The Labute approximate surface area is 150 Å². The molecule has 0 atom stereocenters. The molecule has 0 aliphatic rings. The Morgan fingerprint density at radius 2 is 1.38 bits per heavy atom. The molecule has 0 bridgehead atoms. The van der Waals surface area contributed by atoms with Crippen LogP contribution in [0.25, 0.3) is 0 Å². The molecule has 128 valence electrons. The summed E-state index contributed by atoms with van der Waals surface area (Å²) in [5, 5.41) is 0. The zero-order chi connectivity index (χ0) is 18.1. The number of rotatable bonds is 5. The highest BCUT2D eigenvalue weighted by Gasteiger charge is 2.33. The topological polar surface area (TPSA) is 0 Å². The van der Waals surface area contributed by atoms with Gasteiger partial charge in [-0.2, -0.15) is 0 Å². The maximum atomic E-state index is 2.40. The Bertz CT molecular complexity index is 708. The molecule has 1 heteroatoms. The Hall–Kier alpha value is -1.50. The Kier molecular flexibility index (Phi) is 5.33. The summed E-state index contributed by atoms with van der Waals surface area (Å²) in [6.45, 7) is 16.4. The highest BCUT2D eigenvalue weighted by Crippen LogP contribution is 2.39. The maximum Gasteiger partial charge on any atom is 0.140 e. The minimum absolute atomic E-state index is 0.140. The van der Waals surface area contributed by atoms with Gasteiger partial charge in [0, 0.05) is 0 Å². The Morgan fingerprint density at radius 3 is 1.96 bits per heavy atom. The monoisotopic (exact) mass is 320 g/mol. The molecule has 0 heterocycles. The molecule has 0 radical (unpaired) electrons. The largest absolute Gasteiger partial charge is 0.140 e. The third kappa shape index (κ3) is 3.77. The molecular weight excluding hydrogens is 287 g/mol. The van der Waals surface area contributed by atoms with Crippen molar-refractivity contribution in [1.82, 2.24) is 0 Å². The van der Waals surface area contributed by atoms with E-state index in [1.165, 1.54) is 27.7 Å². The lowest BCUT2D eigenvalue weighted by atomic mass is 9.64. The fourth-order valence-electron chi connectivity index (χ4n) is 4.64. The fourth-order valence-corrected chi connectivity index (χ4v) is 4.64. The summed E-state index contributed by atoms with van der Waals surface area (Å²) in [6, 6.07) is 15.7. The molecule has 24 heavy (non-hydrogen) atoms. The zero-order valence-corrected chi connectivity index (χ0v) is 16.8. The molecule has 0 spiro atoms. The SMILES string of the molecule is Bc1c(C(C)C)cccc1C(C)(C)CC(C)(C)c1ccccc1C. The molecular formula is C23H33B. The van der Waals surface area contributed by atoms with E-state index in [9.17, 15) is 0 Å². The summed E-state index contributed by atoms with van der Waals surface area (Å²) in [6.07, 6.45) is 1.13. The summed E-state index contributed by atoms with van der Waals surface area (Å²) in [4.78, 5) is 0. The molecule has 2 aromatic carbocycles. The van der Waals surface area contributed by atoms with Gasteiger partial charge >= 0.3 is 0 Å². The van der Waals surface area contributed by atoms with Crippen molar-refractivity contribution in [1.29, 1.82) is 0 Å². The Morgan fingerprint density at radius 1 is 0.833 bits per heavy atom. The minimum atomic E-state index is 0.140. The van der Waals surface area contributed by atoms with E-state index in [-0.39, 0.29) is 10.8 Å². The first-order valence-corrected chi connectivity index (χ1v) is 9.22. The third-order valence-corrected chi connectivity index (χ3v) is 5.48. The van der Waals surface area contributed by atoms with Gasteiger partial charge in [-0.15, -0.1) is 0 Å². The van der Waals surface area contributed by atoms with Crippen LogP contribution in [0.3, 0.4) is 0 Å². The van der Waals surface area contributed by atoms with Gasteiger partial charge in [-0.3, -0.25) is 0 Å². The summed E-state index contributed by atoms with van der Waals surface area (Å²) >= 11 is 0. The minimum Gasteiger partial charge on any atom is -0.0819 e. The van der Waals surface area contributed by atoms with Crippen molar-refractivity contribution in [2.24, 2.45) is 0 Å². The first-order chi connectivity index (χ1) is 11.1. The van der Waals surface area contributed by atoms with Gasteiger partial charge < -0.3 is 0 Å². The number of aryl methyl sites for hydroxylation is 1. The van der Waals surface area contributed by atoms with Gasteiger partial charge in [0.2, 0.25) is 0 Å². The second-order valence-electron chi connectivity index (χ2n) is 8.93.